The van der Waals surface area contributed by atoms with Crippen molar-refractivity contribution < 1.29 is 13.2 Å². The van der Waals surface area contributed by atoms with Gasteiger partial charge in [0, 0.05) is 24.2 Å². The lowest BCUT2D eigenvalue weighted by Crippen LogP contribution is -2.31. The van der Waals surface area contributed by atoms with Crippen molar-refractivity contribution in [1.82, 2.24) is 10.2 Å². The lowest BCUT2D eigenvalue weighted by molar-refractivity contribution is 0.0951. The van der Waals surface area contributed by atoms with Crippen LogP contribution in [0.25, 0.3) is 11.1 Å². The molecule has 0 unspecified atom stereocenters. The topological polar surface area (TPSA) is 130 Å². The number of amidine groups is 1. The molecular formula is C19H22N6O3S. The Morgan fingerprint density at radius 1 is 1.17 bits per heavy atom. The quantitative estimate of drug-likeness (QED) is 0.710. The van der Waals surface area contributed by atoms with E-state index in [1.54, 1.807) is 36.4 Å². The Balaban J connectivity index is 1.95. The van der Waals surface area contributed by atoms with Crippen LogP contribution in [0.4, 0.5) is 0 Å². The number of rotatable bonds is 7. The highest BCUT2D eigenvalue weighted by atomic mass is 32.2. The van der Waals surface area contributed by atoms with E-state index in [2.05, 4.69) is 20.5 Å². The molecule has 0 spiro atoms. The highest BCUT2D eigenvalue weighted by Crippen LogP contribution is 2.30. The number of benzene rings is 2. The second kappa shape index (κ2) is 8.60. The van der Waals surface area contributed by atoms with Crippen molar-refractivity contribution >= 4 is 21.8 Å². The maximum absolute atomic E-state index is 12.3. The Labute approximate surface area is 169 Å². The molecule has 3 rings (SSSR count). The van der Waals surface area contributed by atoms with Crippen LogP contribution in [0.5, 0.6) is 0 Å². The zero-order valence-electron chi connectivity index (χ0n) is 16.2. The molecule has 1 aliphatic heterocycles. The standard InChI is InChI=1S/C19H22N6O3S/c1-25(2)11-10-21-19(26)14-8-6-13(7-9-14)15-4-3-5-16(29(20,27)28)17(15)18-22-12-23-24-18/h3-9H,10-12H2,1-2H3,(H,21,26)(H2,20,27,28). The number of sulfonamides is 1. The molecule has 0 atom stereocenters. The molecule has 152 valence electrons. The summed E-state index contributed by atoms with van der Waals surface area (Å²) in [6.07, 6.45) is 0. The van der Waals surface area contributed by atoms with E-state index in [-0.39, 0.29) is 23.3 Å². The zero-order valence-corrected chi connectivity index (χ0v) is 17.0. The normalized spacial score (nSPS) is 13.6. The Kier molecular flexibility index (Phi) is 6.16. The molecule has 3 N–H and O–H groups in total. The molecule has 0 saturated heterocycles. The van der Waals surface area contributed by atoms with Gasteiger partial charge in [-0.1, -0.05) is 24.3 Å². The first-order valence-corrected chi connectivity index (χ1v) is 10.4. The number of azo groups is 1. The average molecular weight is 414 g/mol. The number of carbonyl (C=O) groups excluding carboxylic acids is 1. The first-order valence-electron chi connectivity index (χ1n) is 8.89. The summed E-state index contributed by atoms with van der Waals surface area (Å²) < 4.78 is 24.2. The molecule has 1 aliphatic rings. The van der Waals surface area contributed by atoms with Gasteiger partial charge in [0.15, 0.2) is 12.5 Å². The third-order valence-electron chi connectivity index (χ3n) is 4.31. The third-order valence-corrected chi connectivity index (χ3v) is 5.26. The summed E-state index contributed by atoms with van der Waals surface area (Å²) in [5.41, 5.74) is 2.12. The van der Waals surface area contributed by atoms with E-state index in [0.717, 1.165) is 6.54 Å². The van der Waals surface area contributed by atoms with Gasteiger partial charge in [0.05, 0.1) is 4.90 Å². The number of nitrogens with zero attached hydrogens (tertiary/aromatic N) is 4. The number of carbonyl (C=O) groups is 1. The number of aliphatic imine (C=N–C) groups is 1. The lowest BCUT2D eigenvalue weighted by Gasteiger charge is -2.13. The predicted molar refractivity (Wildman–Crippen MR) is 110 cm³/mol. The molecule has 1 heterocycles. The van der Waals surface area contributed by atoms with Crippen molar-refractivity contribution in [2.24, 2.45) is 20.4 Å². The Morgan fingerprint density at radius 2 is 1.90 bits per heavy atom. The van der Waals surface area contributed by atoms with E-state index in [4.69, 9.17) is 5.14 Å². The van der Waals surface area contributed by atoms with E-state index >= 15 is 0 Å². The van der Waals surface area contributed by atoms with E-state index < -0.39 is 10.0 Å². The van der Waals surface area contributed by atoms with Gasteiger partial charge in [0.2, 0.25) is 10.0 Å². The zero-order chi connectivity index (χ0) is 21.0. The molecule has 0 fully saturated rings. The Bertz CT molecular complexity index is 1080. The summed E-state index contributed by atoms with van der Waals surface area (Å²) in [5, 5.41) is 16.0. The maximum Gasteiger partial charge on any atom is 0.251 e. The van der Waals surface area contributed by atoms with Crippen LogP contribution < -0.4 is 10.5 Å². The van der Waals surface area contributed by atoms with Crippen molar-refractivity contribution in [1.29, 1.82) is 0 Å². The minimum Gasteiger partial charge on any atom is -0.351 e. The first-order chi connectivity index (χ1) is 13.8. The van der Waals surface area contributed by atoms with Gasteiger partial charge in [-0.2, -0.15) is 5.11 Å². The molecule has 0 aromatic heterocycles. The molecule has 2 aromatic carbocycles. The molecule has 2 aromatic rings. The average Bonchev–Trinajstić information content (AvgIpc) is 3.21. The largest absolute Gasteiger partial charge is 0.351 e. The number of primary sulfonamides is 1. The fraction of sp³-hybridized carbons (Fsp3) is 0.263. The highest BCUT2D eigenvalue weighted by Gasteiger charge is 2.23. The molecule has 1 amide bonds. The summed E-state index contributed by atoms with van der Waals surface area (Å²) in [4.78, 5) is 18.3. The van der Waals surface area contributed by atoms with Gasteiger partial charge in [0.1, 0.15) is 0 Å². The van der Waals surface area contributed by atoms with Crippen molar-refractivity contribution in [3.63, 3.8) is 0 Å². The Morgan fingerprint density at radius 3 is 2.48 bits per heavy atom. The van der Waals surface area contributed by atoms with E-state index in [1.165, 1.54) is 6.07 Å². The molecule has 9 nitrogen and oxygen atoms in total. The summed E-state index contributed by atoms with van der Waals surface area (Å²) >= 11 is 0. The van der Waals surface area contributed by atoms with Crippen LogP contribution in [0.2, 0.25) is 0 Å². The summed E-state index contributed by atoms with van der Waals surface area (Å²) in [5.74, 6) is 0.0426. The number of hydrogen-bond donors (Lipinski definition) is 2. The van der Waals surface area contributed by atoms with Crippen molar-refractivity contribution in [2.45, 2.75) is 4.90 Å². The second-order valence-electron chi connectivity index (χ2n) is 6.72. The smallest absolute Gasteiger partial charge is 0.251 e. The van der Waals surface area contributed by atoms with Crippen LogP contribution in [0.15, 0.2) is 62.6 Å². The van der Waals surface area contributed by atoms with Gasteiger partial charge in [-0.15, -0.1) is 5.11 Å². The van der Waals surface area contributed by atoms with Gasteiger partial charge in [-0.05, 0) is 43.4 Å². The van der Waals surface area contributed by atoms with Crippen molar-refractivity contribution in [3.05, 3.63) is 53.6 Å². The predicted octanol–water partition coefficient (Wildman–Crippen LogP) is 1.46. The third kappa shape index (κ3) is 4.91. The lowest BCUT2D eigenvalue weighted by atomic mass is 9.98. The molecule has 0 radical (unpaired) electrons. The van der Waals surface area contributed by atoms with Crippen LogP contribution in [-0.4, -0.2) is 58.9 Å². The number of nitrogens with two attached hydrogens (primary N) is 1. The minimum atomic E-state index is -3.99. The van der Waals surface area contributed by atoms with Crippen molar-refractivity contribution in [2.75, 3.05) is 33.9 Å². The number of hydrogen-bond acceptors (Lipinski definition) is 7. The van der Waals surface area contributed by atoms with Gasteiger partial charge < -0.3 is 10.2 Å². The van der Waals surface area contributed by atoms with E-state index in [1.807, 2.05) is 19.0 Å². The monoisotopic (exact) mass is 414 g/mol. The summed E-state index contributed by atoms with van der Waals surface area (Å²) in [6, 6.07) is 11.6. The fourth-order valence-corrected chi connectivity index (χ4v) is 3.65. The van der Waals surface area contributed by atoms with Crippen LogP contribution in [0.3, 0.4) is 0 Å². The SMILES string of the molecule is CN(C)CCNC(=O)c1ccc(-c2cccc(S(N)(=O)=O)c2C2=NCN=N2)cc1. The van der Waals surface area contributed by atoms with Crippen LogP contribution in [-0.2, 0) is 10.0 Å². The van der Waals surface area contributed by atoms with Crippen LogP contribution in [0.1, 0.15) is 15.9 Å². The van der Waals surface area contributed by atoms with E-state index in [0.29, 0.717) is 28.8 Å². The molecule has 10 heteroatoms. The fourth-order valence-electron chi connectivity index (χ4n) is 2.89. The first kappa shape index (κ1) is 20.8. The highest BCUT2D eigenvalue weighted by molar-refractivity contribution is 7.89. The van der Waals surface area contributed by atoms with Gasteiger partial charge in [-0.3, -0.25) is 4.79 Å². The van der Waals surface area contributed by atoms with Gasteiger partial charge >= 0.3 is 0 Å². The van der Waals surface area contributed by atoms with Gasteiger partial charge in [-0.25, -0.2) is 18.5 Å². The number of likely N-dealkylation sites (N-methyl/N-ethyl adjacent to an activating group) is 1. The number of amides is 1. The molecule has 0 bridgehead atoms. The van der Waals surface area contributed by atoms with Gasteiger partial charge in [0.25, 0.3) is 5.91 Å². The molecule has 0 saturated carbocycles. The minimum absolute atomic E-state index is 0.0693. The molecular weight excluding hydrogens is 392 g/mol. The number of nitrogens with one attached hydrogen (secondary N) is 1. The second-order valence-corrected chi connectivity index (χ2v) is 8.25. The summed E-state index contributed by atoms with van der Waals surface area (Å²) in [6.45, 7) is 1.42. The van der Waals surface area contributed by atoms with E-state index in [9.17, 15) is 13.2 Å². The summed E-state index contributed by atoms with van der Waals surface area (Å²) in [7, 11) is -0.125. The van der Waals surface area contributed by atoms with Crippen LogP contribution >= 0.6 is 0 Å². The molecule has 29 heavy (non-hydrogen) atoms. The Hall–Kier alpha value is -2.95. The van der Waals surface area contributed by atoms with Crippen LogP contribution in [0, 0.1) is 0 Å². The maximum atomic E-state index is 12.3. The molecule has 0 aliphatic carbocycles. The van der Waals surface area contributed by atoms with Crippen molar-refractivity contribution in [3.8, 4) is 11.1 Å².